The van der Waals surface area contributed by atoms with Gasteiger partial charge in [0, 0.05) is 15.8 Å². The maximum atomic E-state index is 10.3. The lowest BCUT2D eigenvalue weighted by Crippen LogP contribution is -1.96. The molecule has 0 amide bonds. The van der Waals surface area contributed by atoms with E-state index in [9.17, 15) is 5.11 Å². The summed E-state index contributed by atoms with van der Waals surface area (Å²) in [5, 5.41) is 13.5. The Balaban J connectivity index is 2.09. The Morgan fingerprint density at radius 3 is 2.88 bits per heavy atom. The van der Waals surface area contributed by atoms with Crippen LogP contribution in [0.5, 0.6) is 0 Å². The van der Waals surface area contributed by atoms with Crippen molar-refractivity contribution in [3.63, 3.8) is 0 Å². The van der Waals surface area contributed by atoms with E-state index in [0.29, 0.717) is 0 Å². The Hall–Kier alpha value is -1.58. The summed E-state index contributed by atoms with van der Waals surface area (Å²) < 4.78 is 6.44. The van der Waals surface area contributed by atoms with Gasteiger partial charge in [-0.2, -0.15) is 0 Å². The van der Waals surface area contributed by atoms with E-state index in [0.717, 1.165) is 22.3 Å². The average Bonchev–Trinajstić information content (AvgIpc) is 2.94. The van der Waals surface area contributed by atoms with Crippen molar-refractivity contribution in [3.8, 4) is 0 Å². The molecule has 2 heterocycles. The number of thiophene rings is 1. The molecule has 0 saturated carbocycles. The van der Waals surface area contributed by atoms with Crippen molar-refractivity contribution >= 4 is 21.4 Å². The van der Waals surface area contributed by atoms with Crippen LogP contribution in [0.4, 0.5) is 0 Å². The molecule has 3 heteroatoms. The normalized spacial score (nSPS) is 13.1. The number of hydrogen-bond donors (Lipinski definition) is 1. The van der Waals surface area contributed by atoms with Crippen LogP contribution in [0.3, 0.4) is 0 Å². The summed E-state index contributed by atoms with van der Waals surface area (Å²) in [6, 6.07) is 9.98. The number of benzene rings is 1. The molecule has 1 aromatic carbocycles. The SMILES string of the molecule is Cc1cc(C(O)c2csc3ccccc23)co1. The monoisotopic (exact) mass is 244 g/mol. The highest BCUT2D eigenvalue weighted by molar-refractivity contribution is 7.17. The molecule has 0 radical (unpaired) electrons. The predicted octanol–water partition coefficient (Wildman–Crippen LogP) is 3.88. The van der Waals surface area contributed by atoms with Crippen molar-refractivity contribution in [1.29, 1.82) is 0 Å². The van der Waals surface area contributed by atoms with Gasteiger partial charge in [0.1, 0.15) is 11.9 Å². The van der Waals surface area contributed by atoms with Crippen molar-refractivity contribution in [2.45, 2.75) is 13.0 Å². The van der Waals surface area contributed by atoms with Crippen molar-refractivity contribution in [3.05, 3.63) is 58.9 Å². The van der Waals surface area contributed by atoms with Gasteiger partial charge in [0.15, 0.2) is 0 Å². The molecule has 0 bridgehead atoms. The Labute approximate surface area is 103 Å². The number of rotatable bonds is 2. The molecule has 1 atom stereocenters. The quantitative estimate of drug-likeness (QED) is 0.742. The molecule has 86 valence electrons. The molecule has 2 nitrogen and oxygen atoms in total. The van der Waals surface area contributed by atoms with E-state index in [1.165, 1.54) is 4.70 Å². The van der Waals surface area contributed by atoms with Gasteiger partial charge in [-0.15, -0.1) is 11.3 Å². The Bertz CT molecular complexity index is 651. The minimum atomic E-state index is -0.608. The number of aliphatic hydroxyl groups excluding tert-OH is 1. The molecule has 0 aliphatic carbocycles. The van der Waals surface area contributed by atoms with Gasteiger partial charge in [-0.25, -0.2) is 0 Å². The third-order valence-corrected chi connectivity index (χ3v) is 3.85. The fraction of sp³-hybridized carbons (Fsp3) is 0.143. The first-order chi connectivity index (χ1) is 8.25. The van der Waals surface area contributed by atoms with Crippen LogP contribution in [-0.4, -0.2) is 5.11 Å². The van der Waals surface area contributed by atoms with Crippen molar-refractivity contribution < 1.29 is 9.52 Å². The highest BCUT2D eigenvalue weighted by Crippen LogP contribution is 2.33. The van der Waals surface area contributed by atoms with E-state index in [1.54, 1.807) is 17.6 Å². The van der Waals surface area contributed by atoms with Crippen molar-refractivity contribution in [2.75, 3.05) is 0 Å². The van der Waals surface area contributed by atoms with E-state index in [1.807, 2.05) is 36.6 Å². The van der Waals surface area contributed by atoms with E-state index in [2.05, 4.69) is 6.07 Å². The third-order valence-electron chi connectivity index (χ3n) is 2.87. The van der Waals surface area contributed by atoms with Crippen LogP contribution in [0.2, 0.25) is 0 Å². The largest absolute Gasteiger partial charge is 0.469 e. The summed E-state index contributed by atoms with van der Waals surface area (Å²) in [5.74, 6) is 0.818. The maximum absolute atomic E-state index is 10.3. The number of hydrogen-bond acceptors (Lipinski definition) is 3. The van der Waals surface area contributed by atoms with Crippen LogP contribution in [0.25, 0.3) is 10.1 Å². The molecule has 2 aromatic heterocycles. The van der Waals surface area contributed by atoms with Crippen LogP contribution < -0.4 is 0 Å². The van der Waals surface area contributed by atoms with Gasteiger partial charge < -0.3 is 9.52 Å². The van der Waals surface area contributed by atoms with Gasteiger partial charge in [-0.1, -0.05) is 18.2 Å². The summed E-state index contributed by atoms with van der Waals surface area (Å²) in [6.07, 6.45) is 1.01. The molecule has 17 heavy (non-hydrogen) atoms. The smallest absolute Gasteiger partial charge is 0.109 e. The zero-order valence-corrected chi connectivity index (χ0v) is 10.2. The van der Waals surface area contributed by atoms with E-state index < -0.39 is 6.10 Å². The van der Waals surface area contributed by atoms with E-state index in [-0.39, 0.29) is 0 Å². The average molecular weight is 244 g/mol. The van der Waals surface area contributed by atoms with Gasteiger partial charge in [-0.3, -0.25) is 0 Å². The predicted molar refractivity (Wildman–Crippen MR) is 69.3 cm³/mol. The second-order valence-electron chi connectivity index (χ2n) is 4.08. The minimum Gasteiger partial charge on any atom is -0.469 e. The Morgan fingerprint density at radius 2 is 2.12 bits per heavy atom. The molecule has 1 unspecified atom stereocenters. The van der Waals surface area contributed by atoms with Gasteiger partial charge in [0.2, 0.25) is 0 Å². The van der Waals surface area contributed by atoms with Gasteiger partial charge in [0.05, 0.1) is 6.26 Å². The van der Waals surface area contributed by atoms with Crippen molar-refractivity contribution in [2.24, 2.45) is 0 Å². The zero-order valence-electron chi connectivity index (χ0n) is 9.38. The van der Waals surface area contributed by atoms with Gasteiger partial charge in [-0.05, 0) is 29.8 Å². The van der Waals surface area contributed by atoms with E-state index in [4.69, 9.17) is 4.42 Å². The first-order valence-electron chi connectivity index (χ1n) is 5.45. The zero-order chi connectivity index (χ0) is 11.8. The fourth-order valence-corrected chi connectivity index (χ4v) is 2.98. The van der Waals surface area contributed by atoms with Crippen molar-refractivity contribution in [1.82, 2.24) is 0 Å². The highest BCUT2D eigenvalue weighted by Gasteiger charge is 2.16. The molecule has 1 N–H and O–H groups in total. The molecule has 0 saturated heterocycles. The second kappa shape index (κ2) is 4.02. The number of aliphatic hydroxyl groups is 1. The molecular weight excluding hydrogens is 232 g/mol. The van der Waals surface area contributed by atoms with Gasteiger partial charge >= 0.3 is 0 Å². The Morgan fingerprint density at radius 1 is 1.29 bits per heavy atom. The lowest BCUT2D eigenvalue weighted by atomic mass is 10.0. The van der Waals surface area contributed by atoms with Crippen LogP contribution >= 0.6 is 11.3 Å². The minimum absolute atomic E-state index is 0.608. The first-order valence-corrected chi connectivity index (χ1v) is 6.33. The van der Waals surface area contributed by atoms with Crippen LogP contribution in [-0.2, 0) is 0 Å². The second-order valence-corrected chi connectivity index (χ2v) is 4.99. The lowest BCUT2D eigenvalue weighted by molar-refractivity contribution is 0.221. The fourth-order valence-electron chi connectivity index (χ4n) is 2.00. The summed E-state index contributed by atoms with van der Waals surface area (Å²) in [4.78, 5) is 0. The topological polar surface area (TPSA) is 33.4 Å². The number of fused-ring (bicyclic) bond motifs is 1. The summed E-state index contributed by atoms with van der Waals surface area (Å²) in [7, 11) is 0. The van der Waals surface area contributed by atoms with Crippen LogP contribution in [0.15, 0.2) is 46.4 Å². The number of furan rings is 1. The Kier molecular flexibility index (Phi) is 2.50. The molecule has 3 rings (SSSR count). The summed E-state index contributed by atoms with van der Waals surface area (Å²) in [5.41, 5.74) is 1.76. The highest BCUT2D eigenvalue weighted by atomic mass is 32.1. The molecule has 0 aliphatic rings. The standard InChI is InChI=1S/C14H12O2S/c1-9-6-10(7-16-9)14(15)12-8-17-13-5-3-2-4-11(12)13/h2-8,14-15H,1H3. The lowest BCUT2D eigenvalue weighted by Gasteiger charge is -2.06. The summed E-state index contributed by atoms with van der Waals surface area (Å²) >= 11 is 1.65. The third kappa shape index (κ3) is 1.77. The van der Waals surface area contributed by atoms with Crippen LogP contribution in [0.1, 0.15) is 23.0 Å². The number of aryl methyl sites for hydroxylation is 1. The molecule has 0 spiro atoms. The van der Waals surface area contributed by atoms with Crippen LogP contribution in [0, 0.1) is 6.92 Å². The van der Waals surface area contributed by atoms with Gasteiger partial charge in [0.25, 0.3) is 0 Å². The molecule has 0 aliphatic heterocycles. The maximum Gasteiger partial charge on any atom is 0.109 e. The summed E-state index contributed by atoms with van der Waals surface area (Å²) in [6.45, 7) is 1.88. The van der Waals surface area contributed by atoms with E-state index >= 15 is 0 Å². The molecule has 3 aromatic rings. The molecular formula is C14H12O2S. The first kappa shape index (κ1) is 10.6. The molecule has 0 fully saturated rings.